The molecule has 1 unspecified atom stereocenters. The highest BCUT2D eigenvalue weighted by Crippen LogP contribution is 2.32. The fourth-order valence-electron chi connectivity index (χ4n) is 5.21. The third kappa shape index (κ3) is 4.45. The van der Waals surface area contributed by atoms with E-state index in [2.05, 4.69) is 34.7 Å². The molecule has 0 bridgehead atoms. The van der Waals surface area contributed by atoms with Gasteiger partial charge in [-0.05, 0) is 44.4 Å². The molecule has 2 saturated heterocycles. The van der Waals surface area contributed by atoms with Gasteiger partial charge in [-0.15, -0.1) is 0 Å². The standard InChI is InChI=1S/C24H34N8O2/c1-14(2)19-12-21(30-29-19)27-22-17-6-4-7-18(17)26-24(28-22)32-10-5-8-20(32)23(34)25-16-9-11-31(13-16)15(3)33/h12,14,16,20H,4-11,13H2,1-3H3,(H,25,34)(H2,26,27,28,29,30)/t16?,20-/m1/s1. The number of rotatable bonds is 6. The Hall–Kier alpha value is -3.17. The zero-order chi connectivity index (χ0) is 23.8. The maximum Gasteiger partial charge on any atom is 0.243 e. The summed E-state index contributed by atoms with van der Waals surface area (Å²) >= 11 is 0. The van der Waals surface area contributed by atoms with Gasteiger partial charge in [-0.2, -0.15) is 10.1 Å². The Kier molecular flexibility index (Phi) is 6.14. The van der Waals surface area contributed by atoms with Crippen molar-refractivity contribution in [3.8, 4) is 0 Å². The van der Waals surface area contributed by atoms with Crippen LogP contribution in [0.5, 0.6) is 0 Å². The van der Waals surface area contributed by atoms with Crippen molar-refractivity contribution in [1.82, 2.24) is 30.4 Å². The molecule has 34 heavy (non-hydrogen) atoms. The molecule has 0 radical (unpaired) electrons. The molecule has 2 aromatic rings. The lowest BCUT2D eigenvalue weighted by Crippen LogP contribution is -2.48. The predicted octanol–water partition coefficient (Wildman–Crippen LogP) is 2.26. The highest BCUT2D eigenvalue weighted by atomic mass is 16.2. The van der Waals surface area contributed by atoms with Gasteiger partial charge in [-0.3, -0.25) is 14.7 Å². The van der Waals surface area contributed by atoms with Crippen LogP contribution < -0.4 is 15.5 Å². The Morgan fingerprint density at radius 1 is 1.15 bits per heavy atom. The average molecular weight is 467 g/mol. The van der Waals surface area contributed by atoms with Crippen LogP contribution in [0.15, 0.2) is 6.07 Å². The highest BCUT2D eigenvalue weighted by Gasteiger charge is 2.36. The van der Waals surface area contributed by atoms with Crippen LogP contribution in [0.1, 0.15) is 69.3 Å². The van der Waals surface area contributed by atoms with Crippen molar-refractivity contribution >= 4 is 29.4 Å². The molecule has 2 aliphatic heterocycles. The van der Waals surface area contributed by atoms with Gasteiger partial charge in [0.05, 0.1) is 5.69 Å². The summed E-state index contributed by atoms with van der Waals surface area (Å²) < 4.78 is 0. The number of likely N-dealkylation sites (tertiary alicyclic amines) is 1. The van der Waals surface area contributed by atoms with E-state index in [0.29, 0.717) is 25.0 Å². The Bertz CT molecular complexity index is 1080. The Morgan fingerprint density at radius 3 is 2.74 bits per heavy atom. The van der Waals surface area contributed by atoms with Gasteiger partial charge in [0, 0.05) is 49.9 Å². The molecule has 3 N–H and O–H groups in total. The normalized spacial score (nSPS) is 21.9. The van der Waals surface area contributed by atoms with Crippen molar-refractivity contribution in [3.63, 3.8) is 0 Å². The van der Waals surface area contributed by atoms with Gasteiger partial charge in [-0.25, -0.2) is 4.98 Å². The summed E-state index contributed by atoms with van der Waals surface area (Å²) in [4.78, 5) is 38.4. The molecule has 0 spiro atoms. The monoisotopic (exact) mass is 466 g/mol. The lowest BCUT2D eigenvalue weighted by atomic mass is 10.1. The molecule has 10 heteroatoms. The molecular formula is C24H34N8O2. The highest BCUT2D eigenvalue weighted by molar-refractivity contribution is 5.86. The number of nitrogens with zero attached hydrogens (tertiary/aromatic N) is 5. The molecule has 3 aliphatic rings. The number of aromatic amines is 1. The number of carbonyl (C=O) groups is 2. The molecule has 182 valence electrons. The summed E-state index contributed by atoms with van der Waals surface area (Å²) in [5, 5.41) is 14.1. The molecule has 2 amide bonds. The molecular weight excluding hydrogens is 432 g/mol. The van der Waals surface area contributed by atoms with Crippen LogP contribution in [0, 0.1) is 0 Å². The number of hydrogen-bond acceptors (Lipinski definition) is 7. The summed E-state index contributed by atoms with van der Waals surface area (Å²) in [6.45, 7) is 7.86. The van der Waals surface area contributed by atoms with Crippen molar-refractivity contribution in [1.29, 1.82) is 0 Å². The number of aryl methyl sites for hydroxylation is 1. The lowest BCUT2D eigenvalue weighted by Gasteiger charge is -2.26. The molecule has 1 aliphatic carbocycles. The maximum atomic E-state index is 13.2. The number of carbonyl (C=O) groups excluding carboxylic acids is 2. The first-order chi connectivity index (χ1) is 16.4. The van der Waals surface area contributed by atoms with Crippen LogP contribution >= 0.6 is 0 Å². The SMILES string of the molecule is CC(=O)N1CCC(NC(=O)[C@H]2CCCN2c2nc3c(c(Nc4cc(C(C)C)[nH]n4)n2)CCC3)C1. The minimum absolute atomic E-state index is 0.000358. The first-order valence-corrected chi connectivity index (χ1v) is 12.4. The van der Waals surface area contributed by atoms with Crippen molar-refractivity contribution in [2.45, 2.75) is 77.3 Å². The van der Waals surface area contributed by atoms with Gasteiger partial charge in [-0.1, -0.05) is 13.8 Å². The van der Waals surface area contributed by atoms with Crippen molar-refractivity contribution in [2.75, 3.05) is 29.9 Å². The largest absolute Gasteiger partial charge is 0.350 e. The quantitative estimate of drug-likeness (QED) is 0.597. The van der Waals surface area contributed by atoms with E-state index in [9.17, 15) is 9.59 Å². The second-order valence-electron chi connectivity index (χ2n) is 9.95. The minimum Gasteiger partial charge on any atom is -0.350 e. The van der Waals surface area contributed by atoms with Gasteiger partial charge >= 0.3 is 0 Å². The van der Waals surface area contributed by atoms with Crippen LogP contribution in [0.3, 0.4) is 0 Å². The zero-order valence-corrected chi connectivity index (χ0v) is 20.2. The van der Waals surface area contributed by atoms with Crippen molar-refractivity contribution < 1.29 is 9.59 Å². The number of H-pyrrole nitrogens is 1. The molecule has 2 aromatic heterocycles. The van der Waals surface area contributed by atoms with E-state index in [0.717, 1.165) is 73.7 Å². The topological polar surface area (TPSA) is 119 Å². The van der Waals surface area contributed by atoms with Gasteiger partial charge < -0.3 is 20.4 Å². The second-order valence-corrected chi connectivity index (χ2v) is 9.95. The molecule has 0 aromatic carbocycles. The smallest absolute Gasteiger partial charge is 0.243 e. The fraction of sp³-hybridized carbons (Fsp3) is 0.625. The number of anilines is 3. The lowest BCUT2D eigenvalue weighted by molar-refractivity contribution is -0.128. The van der Waals surface area contributed by atoms with Crippen LogP contribution in [-0.4, -0.2) is 68.6 Å². The number of hydrogen-bond donors (Lipinski definition) is 3. The predicted molar refractivity (Wildman–Crippen MR) is 129 cm³/mol. The van der Waals surface area contributed by atoms with E-state index in [-0.39, 0.29) is 23.9 Å². The Morgan fingerprint density at radius 2 is 2.00 bits per heavy atom. The second kappa shape index (κ2) is 9.23. The first-order valence-electron chi connectivity index (χ1n) is 12.4. The third-order valence-corrected chi connectivity index (χ3v) is 7.18. The number of nitrogens with one attached hydrogen (secondary N) is 3. The van der Waals surface area contributed by atoms with Gasteiger partial charge in [0.15, 0.2) is 5.82 Å². The fourth-order valence-corrected chi connectivity index (χ4v) is 5.21. The van der Waals surface area contributed by atoms with Gasteiger partial charge in [0.1, 0.15) is 11.9 Å². The number of fused-ring (bicyclic) bond motifs is 1. The summed E-state index contributed by atoms with van der Waals surface area (Å²) in [6.07, 6.45) is 5.41. The molecule has 4 heterocycles. The van der Waals surface area contributed by atoms with E-state index >= 15 is 0 Å². The van der Waals surface area contributed by atoms with Gasteiger partial charge in [0.2, 0.25) is 17.8 Å². The summed E-state index contributed by atoms with van der Waals surface area (Å²) in [6, 6.07) is 1.73. The molecule has 5 rings (SSSR count). The minimum atomic E-state index is -0.295. The van der Waals surface area contributed by atoms with E-state index in [1.807, 2.05) is 11.0 Å². The first kappa shape index (κ1) is 22.6. The maximum absolute atomic E-state index is 13.2. The number of aromatic nitrogens is 4. The molecule has 2 atom stereocenters. The van der Waals surface area contributed by atoms with Crippen molar-refractivity contribution in [3.05, 3.63) is 23.0 Å². The van der Waals surface area contributed by atoms with Crippen molar-refractivity contribution in [2.24, 2.45) is 0 Å². The van der Waals surface area contributed by atoms with E-state index in [4.69, 9.17) is 9.97 Å². The molecule has 10 nitrogen and oxygen atoms in total. The summed E-state index contributed by atoms with van der Waals surface area (Å²) in [5.74, 6) is 2.56. The summed E-state index contributed by atoms with van der Waals surface area (Å²) in [5.41, 5.74) is 3.28. The van der Waals surface area contributed by atoms with Crippen LogP contribution in [-0.2, 0) is 22.4 Å². The summed E-state index contributed by atoms with van der Waals surface area (Å²) in [7, 11) is 0. The Labute approximate surface area is 199 Å². The zero-order valence-electron chi connectivity index (χ0n) is 20.2. The average Bonchev–Trinajstić information content (AvgIpc) is 3.59. The van der Waals surface area contributed by atoms with Crippen LogP contribution in [0.4, 0.5) is 17.6 Å². The van der Waals surface area contributed by atoms with E-state index in [1.54, 1.807) is 11.8 Å². The van der Waals surface area contributed by atoms with Crippen LogP contribution in [0.25, 0.3) is 0 Å². The molecule has 0 saturated carbocycles. The molecule has 2 fully saturated rings. The Balaban J connectivity index is 1.34. The van der Waals surface area contributed by atoms with Crippen LogP contribution in [0.2, 0.25) is 0 Å². The third-order valence-electron chi connectivity index (χ3n) is 7.18. The van der Waals surface area contributed by atoms with E-state index < -0.39 is 0 Å². The van der Waals surface area contributed by atoms with Gasteiger partial charge in [0.25, 0.3) is 0 Å². The number of amides is 2. The van der Waals surface area contributed by atoms with E-state index in [1.165, 1.54) is 0 Å².